The number of rotatable bonds is 0. The minimum Gasteiger partial charge on any atom is -0.822 e. The molecule has 0 fully saturated rings. The molecule has 7 heteroatoms. The third kappa shape index (κ3) is 52.3. The molecule has 39 valence electrons. The molecule has 0 aliphatic heterocycles. The molecule has 0 heterocycles. The van der Waals surface area contributed by atoms with Crippen molar-refractivity contribution in [3.05, 3.63) is 0 Å². The molecule has 0 rings (SSSR count). The molecule has 4 nitrogen and oxygen atoms in total. The summed E-state index contributed by atoms with van der Waals surface area (Å²) >= 11 is 0. The molecule has 0 saturated heterocycles. The molecule has 0 aliphatic rings. The fraction of sp³-hybridized carbons (Fsp3) is 0. The predicted molar refractivity (Wildman–Crippen MR) is 7.61 cm³/mol. The van der Waals surface area contributed by atoms with Crippen LogP contribution in [0.4, 0.5) is 0 Å². The van der Waals surface area contributed by atoms with Crippen molar-refractivity contribution >= 4 is 7.82 Å². The third-order valence-corrected chi connectivity index (χ3v) is 0. The Kier molecular flexibility index (Phi) is 16.1. The Morgan fingerprint density at radius 2 is 1.14 bits per heavy atom. The van der Waals surface area contributed by atoms with Crippen LogP contribution >= 0.6 is 7.82 Å². The van der Waals surface area contributed by atoms with Crippen molar-refractivity contribution in [2.24, 2.45) is 0 Å². The molecule has 0 unspecified atom stereocenters. The maximum Gasteiger partial charge on any atom is 3.00 e. The summed E-state index contributed by atoms with van der Waals surface area (Å²) in [6, 6.07) is 0. The van der Waals surface area contributed by atoms with Gasteiger partial charge in [-0.3, -0.25) is 0 Å². The molecule has 7 heavy (non-hydrogen) atoms. The van der Waals surface area contributed by atoms with Crippen molar-refractivity contribution in [2.45, 2.75) is 0 Å². The van der Waals surface area contributed by atoms with Gasteiger partial charge in [-0.15, -0.1) is 0 Å². The fourth-order valence-electron chi connectivity index (χ4n) is 0. The zero-order valence-electron chi connectivity index (χ0n) is 2.91. The largest absolute Gasteiger partial charge is 3.00 e. The Balaban J connectivity index is -0.0000000800. The van der Waals surface area contributed by atoms with Crippen LogP contribution in [0.3, 0.4) is 0 Å². The van der Waals surface area contributed by atoms with Gasteiger partial charge in [-0.2, -0.15) is 7.82 Å². The first-order valence-electron chi connectivity index (χ1n) is 0.730. The summed E-state index contributed by atoms with van der Waals surface area (Å²) in [5.74, 6) is 0. The number of hydrogen-bond donors (Lipinski definition) is 0. The maximum absolute atomic E-state index is 8.55. The van der Waals surface area contributed by atoms with E-state index in [0.29, 0.717) is 0 Å². The standard InChI is InChI=1S/Ce.H3O4P.Tb/c;1-5(2,3)4;/h;(H3,1,2,3,4);/q+3;;+3/p-3. The second-order valence-electron chi connectivity index (χ2n) is 0.447. The van der Waals surface area contributed by atoms with E-state index in [9.17, 15) is 0 Å². The predicted octanol–water partition coefficient (Wildman–Crippen LogP) is -2.82. The zero-order valence-corrected chi connectivity index (χ0v) is 9.09. The van der Waals surface area contributed by atoms with Gasteiger partial charge in [-0.05, 0) is 0 Å². The molecule has 0 N–H and O–H groups in total. The van der Waals surface area contributed by atoms with Gasteiger partial charge in [-0.25, -0.2) is 0 Å². The van der Waals surface area contributed by atoms with E-state index in [0.717, 1.165) is 0 Å². The summed E-state index contributed by atoms with van der Waals surface area (Å²) in [6.45, 7) is 0. The van der Waals surface area contributed by atoms with E-state index < -0.39 is 7.82 Å². The Bertz CT molecular complexity index is 57.8. The van der Waals surface area contributed by atoms with E-state index in [4.69, 9.17) is 19.2 Å². The average molecular weight is 394 g/mol. The first kappa shape index (κ1) is 16.4. The second-order valence-corrected chi connectivity index (χ2v) is 1.34. The van der Waals surface area contributed by atoms with Crippen molar-refractivity contribution in [2.75, 3.05) is 0 Å². The summed E-state index contributed by atoms with van der Waals surface area (Å²) in [5.41, 5.74) is 0. The molecule has 0 bridgehead atoms. The van der Waals surface area contributed by atoms with Crippen LogP contribution in [0.25, 0.3) is 0 Å². The Hall–Kier alpha value is 2.77. The van der Waals surface area contributed by atoms with Crippen LogP contribution in [0, 0.1) is 80.4 Å². The molecule has 0 amide bonds. The average Bonchev–Trinajstić information content (AvgIpc) is 0.722. The zero-order chi connectivity index (χ0) is 4.50. The summed E-state index contributed by atoms with van der Waals surface area (Å²) in [4.78, 5) is 25.6. The first-order chi connectivity index (χ1) is 2.00. The maximum atomic E-state index is 8.55. The smallest absolute Gasteiger partial charge is 0.822 e. The van der Waals surface area contributed by atoms with Gasteiger partial charge < -0.3 is 19.2 Å². The van der Waals surface area contributed by atoms with Gasteiger partial charge in [0.2, 0.25) is 0 Å². The summed E-state index contributed by atoms with van der Waals surface area (Å²) in [5, 5.41) is 0. The molecule has 1 radical (unpaired) electrons. The topological polar surface area (TPSA) is 86.2 Å². The Labute approximate surface area is 105 Å². The molecule has 0 aliphatic carbocycles. The van der Waals surface area contributed by atoms with Gasteiger partial charge in [0.1, 0.15) is 0 Å². The van der Waals surface area contributed by atoms with Crippen LogP contribution in [0.15, 0.2) is 0 Å². The van der Waals surface area contributed by atoms with Gasteiger partial charge in [0.25, 0.3) is 0 Å². The number of hydrogen-bond acceptors (Lipinski definition) is 4. The fourth-order valence-corrected chi connectivity index (χ4v) is 0. The van der Waals surface area contributed by atoms with Gasteiger partial charge >= 0.3 is 80.4 Å². The van der Waals surface area contributed by atoms with Crippen molar-refractivity contribution in [1.29, 1.82) is 0 Å². The third-order valence-electron chi connectivity index (χ3n) is 0. The second kappa shape index (κ2) is 6.89. The van der Waals surface area contributed by atoms with Crippen LogP contribution in [0.1, 0.15) is 0 Å². The van der Waals surface area contributed by atoms with E-state index in [2.05, 4.69) is 0 Å². The van der Waals surface area contributed by atoms with Crippen molar-refractivity contribution < 1.29 is 99.6 Å². The molecule has 0 spiro atoms. The van der Waals surface area contributed by atoms with E-state index in [1.54, 1.807) is 0 Å². The summed E-state index contributed by atoms with van der Waals surface area (Å²) < 4.78 is 8.55. The molecule has 0 aromatic heterocycles. The van der Waals surface area contributed by atoms with Crippen LogP contribution in [0.5, 0.6) is 0 Å². The van der Waals surface area contributed by atoms with Crippen LogP contribution in [-0.4, -0.2) is 0 Å². The van der Waals surface area contributed by atoms with Gasteiger partial charge in [0, 0.05) is 0 Å². The summed E-state index contributed by atoms with van der Waals surface area (Å²) in [6.07, 6.45) is 0. The molecular formula is CeO4PTb+3. The first-order valence-corrected chi connectivity index (χ1v) is 2.19. The van der Waals surface area contributed by atoms with E-state index >= 15 is 0 Å². The SMILES string of the molecule is O=P([O-])([O-])[O-].[Ce+3].[Tb+3]. The molecule has 0 atom stereocenters. The number of phosphoric acid groups is 1. The van der Waals surface area contributed by atoms with Crippen LogP contribution in [0.2, 0.25) is 0 Å². The Morgan fingerprint density at radius 3 is 1.14 bits per heavy atom. The minimum atomic E-state index is -5.39. The summed E-state index contributed by atoms with van der Waals surface area (Å²) in [7, 11) is -5.39. The van der Waals surface area contributed by atoms with Gasteiger partial charge in [0.15, 0.2) is 0 Å². The van der Waals surface area contributed by atoms with Crippen LogP contribution < -0.4 is 14.7 Å². The van der Waals surface area contributed by atoms with E-state index in [1.807, 2.05) is 0 Å². The van der Waals surface area contributed by atoms with Crippen molar-refractivity contribution in [3.63, 3.8) is 0 Å². The monoisotopic (exact) mass is 394 g/mol. The molecular weight excluding hydrogens is 394 g/mol. The molecule has 0 aromatic carbocycles. The van der Waals surface area contributed by atoms with Crippen molar-refractivity contribution in [3.8, 4) is 0 Å². The molecule has 0 aromatic rings. The van der Waals surface area contributed by atoms with Gasteiger partial charge in [0.05, 0.1) is 0 Å². The Morgan fingerprint density at radius 1 is 1.14 bits per heavy atom. The quantitative estimate of drug-likeness (QED) is 0.415. The minimum absolute atomic E-state index is 0. The molecule has 0 saturated carbocycles. The van der Waals surface area contributed by atoms with Crippen molar-refractivity contribution in [1.82, 2.24) is 0 Å². The normalized spacial score (nSPS) is 8.43. The van der Waals surface area contributed by atoms with E-state index in [1.165, 1.54) is 0 Å². The van der Waals surface area contributed by atoms with Crippen LogP contribution in [-0.2, 0) is 4.57 Å². The van der Waals surface area contributed by atoms with Gasteiger partial charge in [-0.1, -0.05) is 0 Å². The van der Waals surface area contributed by atoms with E-state index in [-0.39, 0.29) is 80.4 Å².